The van der Waals surface area contributed by atoms with E-state index in [0.29, 0.717) is 23.3 Å². The Labute approximate surface area is 148 Å². The number of hydrogen-bond acceptors (Lipinski definition) is 5. The van der Waals surface area contributed by atoms with Crippen LogP contribution < -0.4 is 4.90 Å². The van der Waals surface area contributed by atoms with Gasteiger partial charge < -0.3 is 14.4 Å². The number of epoxide rings is 1. The average Bonchev–Trinajstić information content (AvgIpc) is 3.28. The molecule has 0 spiro atoms. The topological polar surface area (TPSA) is 50.8 Å². The molecule has 2 fully saturated rings. The standard InChI is InChI=1S/C17H18ClF2N3O2/c1-10-16(25-10)24-9-12-6-11-8-21-14(18)7-13(11)15(22-12)23-4-2-17(19,20)3-5-23/h6-8,10,16H,2-5,9H2,1H3. The van der Waals surface area contributed by atoms with E-state index >= 15 is 0 Å². The van der Waals surface area contributed by atoms with E-state index in [-0.39, 0.29) is 38.3 Å². The van der Waals surface area contributed by atoms with Crippen LogP contribution >= 0.6 is 11.6 Å². The zero-order valence-electron chi connectivity index (χ0n) is 13.7. The number of piperidine rings is 1. The van der Waals surface area contributed by atoms with Gasteiger partial charge in [-0.05, 0) is 19.1 Å². The van der Waals surface area contributed by atoms with Gasteiger partial charge in [-0.1, -0.05) is 11.6 Å². The van der Waals surface area contributed by atoms with Crippen LogP contribution in [0.5, 0.6) is 0 Å². The number of anilines is 1. The first-order valence-corrected chi connectivity index (χ1v) is 8.64. The van der Waals surface area contributed by atoms with Gasteiger partial charge in [-0.15, -0.1) is 0 Å². The molecule has 134 valence electrons. The Morgan fingerprint density at radius 2 is 2.08 bits per heavy atom. The second-order valence-electron chi connectivity index (χ2n) is 6.53. The zero-order chi connectivity index (χ0) is 17.6. The second-order valence-corrected chi connectivity index (χ2v) is 6.92. The third-order valence-corrected chi connectivity index (χ3v) is 4.77. The molecule has 5 nitrogen and oxygen atoms in total. The van der Waals surface area contributed by atoms with Crippen LogP contribution in [0.2, 0.25) is 5.15 Å². The number of ether oxygens (including phenoxy) is 2. The maximum absolute atomic E-state index is 13.5. The van der Waals surface area contributed by atoms with Crippen molar-refractivity contribution < 1.29 is 18.3 Å². The van der Waals surface area contributed by atoms with Gasteiger partial charge in [-0.25, -0.2) is 18.7 Å². The number of nitrogens with zero attached hydrogens (tertiary/aromatic N) is 3. The monoisotopic (exact) mass is 369 g/mol. The predicted octanol–water partition coefficient (Wildman–Crippen LogP) is 3.78. The van der Waals surface area contributed by atoms with Gasteiger partial charge in [0.25, 0.3) is 5.92 Å². The molecule has 0 bridgehead atoms. The summed E-state index contributed by atoms with van der Waals surface area (Å²) < 4.78 is 37.9. The third kappa shape index (κ3) is 3.68. The van der Waals surface area contributed by atoms with Crippen LogP contribution in [0.3, 0.4) is 0 Å². The minimum absolute atomic E-state index is 0.102. The molecule has 0 radical (unpaired) electrons. The van der Waals surface area contributed by atoms with Crippen molar-refractivity contribution in [1.82, 2.24) is 9.97 Å². The van der Waals surface area contributed by atoms with Crippen LogP contribution in [0, 0.1) is 0 Å². The molecular weight excluding hydrogens is 352 g/mol. The van der Waals surface area contributed by atoms with Crippen LogP contribution in [-0.2, 0) is 16.1 Å². The highest BCUT2D eigenvalue weighted by Gasteiger charge is 2.36. The van der Waals surface area contributed by atoms with Crippen LogP contribution in [0.15, 0.2) is 18.3 Å². The maximum atomic E-state index is 13.5. The number of aromatic nitrogens is 2. The lowest BCUT2D eigenvalue weighted by molar-refractivity contribution is -0.0221. The second kappa shape index (κ2) is 6.30. The van der Waals surface area contributed by atoms with Crippen molar-refractivity contribution in [3.8, 4) is 0 Å². The number of hydrogen-bond donors (Lipinski definition) is 0. The van der Waals surface area contributed by atoms with E-state index in [1.54, 1.807) is 12.3 Å². The van der Waals surface area contributed by atoms with Gasteiger partial charge in [0.05, 0.1) is 12.3 Å². The fraction of sp³-hybridized carbons (Fsp3) is 0.529. The van der Waals surface area contributed by atoms with E-state index in [1.807, 2.05) is 17.9 Å². The van der Waals surface area contributed by atoms with Crippen LogP contribution in [0.1, 0.15) is 25.5 Å². The summed E-state index contributed by atoms with van der Waals surface area (Å²) in [7, 11) is 0. The van der Waals surface area contributed by atoms with E-state index in [1.165, 1.54) is 0 Å². The van der Waals surface area contributed by atoms with Crippen LogP contribution in [-0.4, -0.2) is 41.4 Å². The van der Waals surface area contributed by atoms with Crippen molar-refractivity contribution in [3.05, 3.63) is 29.2 Å². The highest BCUT2D eigenvalue weighted by Crippen LogP contribution is 2.34. The van der Waals surface area contributed by atoms with Crippen molar-refractivity contribution in [2.24, 2.45) is 0 Å². The molecule has 0 N–H and O–H groups in total. The zero-order valence-corrected chi connectivity index (χ0v) is 14.5. The molecule has 2 unspecified atom stereocenters. The van der Waals surface area contributed by atoms with Gasteiger partial charge in [-0.3, -0.25) is 0 Å². The third-order valence-electron chi connectivity index (χ3n) is 4.56. The van der Waals surface area contributed by atoms with Gasteiger partial charge in [-0.2, -0.15) is 0 Å². The number of fused-ring (bicyclic) bond motifs is 1. The Morgan fingerprint density at radius 3 is 2.76 bits per heavy atom. The van der Waals surface area contributed by atoms with Gasteiger partial charge in [0.2, 0.25) is 0 Å². The lowest BCUT2D eigenvalue weighted by atomic mass is 10.1. The maximum Gasteiger partial charge on any atom is 0.251 e. The first-order valence-electron chi connectivity index (χ1n) is 8.26. The number of rotatable bonds is 4. The van der Waals surface area contributed by atoms with Crippen molar-refractivity contribution in [3.63, 3.8) is 0 Å². The van der Waals surface area contributed by atoms with Crippen molar-refractivity contribution in [2.45, 2.75) is 44.7 Å². The van der Waals surface area contributed by atoms with E-state index in [4.69, 9.17) is 21.1 Å². The molecule has 0 saturated carbocycles. The lowest BCUT2D eigenvalue weighted by Crippen LogP contribution is -2.40. The van der Waals surface area contributed by atoms with Crippen LogP contribution in [0.25, 0.3) is 10.8 Å². The van der Waals surface area contributed by atoms with Crippen molar-refractivity contribution in [1.29, 1.82) is 0 Å². The largest absolute Gasteiger partial charge is 0.356 e. The summed E-state index contributed by atoms with van der Waals surface area (Å²) in [5.41, 5.74) is 0.714. The minimum Gasteiger partial charge on any atom is -0.356 e. The quantitative estimate of drug-likeness (QED) is 0.606. The van der Waals surface area contributed by atoms with Gasteiger partial charge in [0.15, 0.2) is 6.29 Å². The van der Waals surface area contributed by atoms with Gasteiger partial charge in [0.1, 0.15) is 17.1 Å². The minimum atomic E-state index is -2.61. The Balaban J connectivity index is 1.65. The van der Waals surface area contributed by atoms with Crippen molar-refractivity contribution >= 4 is 28.2 Å². The molecule has 2 saturated heterocycles. The first kappa shape index (κ1) is 16.9. The summed E-state index contributed by atoms with van der Waals surface area (Å²) in [6.07, 6.45) is 1.22. The summed E-state index contributed by atoms with van der Waals surface area (Å²) in [4.78, 5) is 10.6. The number of pyridine rings is 2. The Kier molecular flexibility index (Phi) is 4.25. The normalized spacial score (nSPS) is 25.4. The van der Waals surface area contributed by atoms with E-state index in [9.17, 15) is 8.78 Å². The molecule has 2 aromatic heterocycles. The molecule has 0 amide bonds. The lowest BCUT2D eigenvalue weighted by Gasteiger charge is -2.33. The molecular formula is C17H18ClF2N3O2. The number of halogens is 3. The van der Waals surface area contributed by atoms with Crippen LogP contribution in [0.4, 0.5) is 14.6 Å². The fourth-order valence-electron chi connectivity index (χ4n) is 3.03. The molecule has 0 aromatic carbocycles. The first-order chi connectivity index (χ1) is 11.9. The summed E-state index contributed by atoms with van der Waals surface area (Å²) in [5, 5.41) is 2.02. The summed E-state index contributed by atoms with van der Waals surface area (Å²) in [6, 6.07) is 3.61. The van der Waals surface area contributed by atoms with Gasteiger partial charge >= 0.3 is 0 Å². The van der Waals surface area contributed by atoms with Crippen molar-refractivity contribution in [2.75, 3.05) is 18.0 Å². The predicted molar refractivity (Wildman–Crippen MR) is 90.1 cm³/mol. The molecule has 4 rings (SSSR count). The van der Waals surface area contributed by atoms with E-state index in [0.717, 1.165) is 10.8 Å². The Bertz CT molecular complexity index is 795. The molecule has 2 atom stereocenters. The molecule has 2 aliphatic rings. The fourth-order valence-corrected chi connectivity index (χ4v) is 3.18. The summed E-state index contributed by atoms with van der Waals surface area (Å²) in [5.74, 6) is -1.95. The molecule has 0 aliphatic carbocycles. The van der Waals surface area contributed by atoms with Gasteiger partial charge in [0, 0.05) is 42.9 Å². The Morgan fingerprint density at radius 1 is 1.36 bits per heavy atom. The molecule has 8 heteroatoms. The summed E-state index contributed by atoms with van der Waals surface area (Å²) >= 11 is 6.02. The Hall–Kier alpha value is -1.57. The SMILES string of the molecule is CC1OC1OCc1cc2cnc(Cl)cc2c(N2CCC(F)(F)CC2)n1. The number of alkyl halides is 2. The smallest absolute Gasteiger partial charge is 0.251 e. The molecule has 2 aliphatic heterocycles. The average molecular weight is 370 g/mol. The summed E-state index contributed by atoms with van der Waals surface area (Å²) in [6.45, 7) is 2.73. The molecule has 25 heavy (non-hydrogen) atoms. The van der Waals surface area contributed by atoms with E-state index in [2.05, 4.69) is 9.97 Å². The highest BCUT2D eigenvalue weighted by molar-refractivity contribution is 6.30. The van der Waals surface area contributed by atoms with E-state index < -0.39 is 5.92 Å². The molecule has 2 aromatic rings. The molecule has 4 heterocycles. The highest BCUT2D eigenvalue weighted by atomic mass is 35.5.